The molecule has 0 bridgehead atoms. The summed E-state index contributed by atoms with van der Waals surface area (Å²) in [6.07, 6.45) is -3.84. The lowest BCUT2D eigenvalue weighted by atomic mass is 10.2. The summed E-state index contributed by atoms with van der Waals surface area (Å²) in [5.74, 6) is -9.79. The third-order valence-corrected chi connectivity index (χ3v) is 4.09. The van der Waals surface area contributed by atoms with Crippen LogP contribution in [0.1, 0.15) is 12.0 Å². The predicted octanol–water partition coefficient (Wildman–Crippen LogP) is 2.43. The molecule has 0 unspecified atom stereocenters. The van der Waals surface area contributed by atoms with Crippen molar-refractivity contribution < 1.29 is 34.8 Å². The van der Waals surface area contributed by atoms with Crippen LogP contribution in [0, 0.1) is 23.3 Å². The monoisotopic (exact) mass is 307 g/mol. The molecule has 0 saturated carbocycles. The Morgan fingerprint density at radius 1 is 0.895 bits per heavy atom. The van der Waals surface area contributed by atoms with Gasteiger partial charge in [0, 0.05) is 14.1 Å². The fourth-order valence-electron chi connectivity index (χ4n) is 1.26. The maximum absolute atomic E-state index is 13.4. The van der Waals surface area contributed by atoms with Gasteiger partial charge in [-0.05, 0) is 0 Å². The van der Waals surface area contributed by atoms with Crippen molar-refractivity contribution in [3.63, 3.8) is 0 Å². The summed E-state index contributed by atoms with van der Waals surface area (Å²) in [4.78, 5) is -1.91. The molecule has 3 nitrogen and oxygen atoms in total. The third-order valence-electron chi connectivity index (χ3n) is 2.22. The summed E-state index contributed by atoms with van der Waals surface area (Å²) in [7, 11) is -3.24. The van der Waals surface area contributed by atoms with E-state index < -0.39 is 50.2 Å². The smallest absolute Gasteiger partial charge is 0.207 e. The Labute approximate surface area is 104 Å². The highest BCUT2D eigenvalue weighted by Crippen LogP contribution is 2.35. The van der Waals surface area contributed by atoms with Crippen LogP contribution in [0.5, 0.6) is 0 Å². The summed E-state index contributed by atoms with van der Waals surface area (Å²) in [5, 5.41) is 0. The molecule has 0 fully saturated rings. The van der Waals surface area contributed by atoms with E-state index in [9.17, 15) is 34.8 Å². The van der Waals surface area contributed by atoms with Gasteiger partial charge in [0.15, 0.2) is 23.3 Å². The topological polar surface area (TPSA) is 37.4 Å². The standard InChI is InChI=1S/C9H7F6NO2S/c1-16(2)19(17,18)8-3(9(14)15)4(10)5(11)6(12)7(8)13/h9H,1-2H3. The summed E-state index contributed by atoms with van der Waals surface area (Å²) in [6, 6.07) is 0. The van der Waals surface area contributed by atoms with Crippen LogP contribution in [0.25, 0.3) is 0 Å². The van der Waals surface area contributed by atoms with E-state index in [1.54, 1.807) is 0 Å². The number of nitrogens with zero attached hydrogens (tertiary/aromatic N) is 1. The Kier molecular flexibility index (Phi) is 4.15. The molecule has 0 atom stereocenters. The van der Waals surface area contributed by atoms with Crippen molar-refractivity contribution in [2.24, 2.45) is 0 Å². The lowest BCUT2D eigenvalue weighted by Gasteiger charge is -2.17. The number of sulfonamides is 1. The minimum atomic E-state index is -4.91. The average molecular weight is 307 g/mol. The highest BCUT2D eigenvalue weighted by atomic mass is 32.2. The van der Waals surface area contributed by atoms with Gasteiger partial charge in [0.05, 0.1) is 5.56 Å². The van der Waals surface area contributed by atoms with Crippen LogP contribution in [-0.4, -0.2) is 26.8 Å². The third kappa shape index (κ3) is 2.41. The van der Waals surface area contributed by atoms with Gasteiger partial charge in [0.25, 0.3) is 6.43 Å². The zero-order valence-electron chi connectivity index (χ0n) is 9.52. The predicted molar refractivity (Wildman–Crippen MR) is 52.1 cm³/mol. The second-order valence-electron chi connectivity index (χ2n) is 3.59. The van der Waals surface area contributed by atoms with Crippen LogP contribution in [0.4, 0.5) is 26.3 Å². The normalized spacial score (nSPS) is 12.5. The zero-order valence-corrected chi connectivity index (χ0v) is 10.3. The molecule has 0 saturated heterocycles. The molecule has 0 N–H and O–H groups in total. The lowest BCUT2D eigenvalue weighted by molar-refractivity contribution is 0.138. The zero-order chi connectivity index (χ0) is 15.1. The van der Waals surface area contributed by atoms with Gasteiger partial charge in [-0.25, -0.2) is 39.1 Å². The van der Waals surface area contributed by atoms with Crippen LogP contribution in [-0.2, 0) is 10.0 Å². The van der Waals surface area contributed by atoms with Gasteiger partial charge < -0.3 is 0 Å². The van der Waals surface area contributed by atoms with Crippen LogP contribution < -0.4 is 0 Å². The lowest BCUT2D eigenvalue weighted by Crippen LogP contribution is -2.26. The molecule has 0 aromatic heterocycles. The molecule has 0 radical (unpaired) electrons. The minimum Gasteiger partial charge on any atom is -0.207 e. The van der Waals surface area contributed by atoms with E-state index in [4.69, 9.17) is 0 Å². The fourth-order valence-corrected chi connectivity index (χ4v) is 2.40. The van der Waals surface area contributed by atoms with E-state index in [1.807, 2.05) is 0 Å². The number of halogens is 6. The van der Waals surface area contributed by atoms with Gasteiger partial charge in [0.2, 0.25) is 10.0 Å². The maximum Gasteiger partial charge on any atom is 0.268 e. The van der Waals surface area contributed by atoms with Crippen LogP contribution in [0.2, 0.25) is 0 Å². The Bertz CT molecular complexity index is 614. The maximum atomic E-state index is 13.4. The molecule has 108 valence electrons. The molecule has 1 aromatic carbocycles. The molecule has 0 spiro atoms. The first-order valence-corrected chi connectivity index (χ1v) is 6.04. The minimum absolute atomic E-state index is 0.272. The van der Waals surface area contributed by atoms with Crippen molar-refractivity contribution in [3.8, 4) is 0 Å². The van der Waals surface area contributed by atoms with E-state index in [0.29, 0.717) is 0 Å². The highest BCUT2D eigenvalue weighted by molar-refractivity contribution is 7.89. The number of hydrogen-bond acceptors (Lipinski definition) is 2. The van der Waals surface area contributed by atoms with Gasteiger partial charge in [-0.3, -0.25) is 0 Å². The molecule has 0 aliphatic rings. The second-order valence-corrected chi connectivity index (χ2v) is 5.68. The molecule has 0 aliphatic heterocycles. The molecule has 0 aliphatic carbocycles. The number of rotatable bonds is 3. The Hall–Kier alpha value is -1.29. The van der Waals surface area contributed by atoms with Crippen molar-refractivity contribution in [1.29, 1.82) is 0 Å². The number of hydrogen-bond donors (Lipinski definition) is 0. The molecule has 19 heavy (non-hydrogen) atoms. The summed E-state index contributed by atoms with van der Waals surface area (Å²) in [5.41, 5.74) is -2.04. The first-order chi connectivity index (χ1) is 8.53. The molecule has 1 rings (SSSR count). The van der Waals surface area contributed by atoms with Crippen LogP contribution in [0.15, 0.2) is 4.90 Å². The Balaban J connectivity index is 3.93. The van der Waals surface area contributed by atoms with Crippen LogP contribution >= 0.6 is 0 Å². The van der Waals surface area contributed by atoms with Gasteiger partial charge in [0.1, 0.15) is 4.90 Å². The van der Waals surface area contributed by atoms with E-state index >= 15 is 0 Å². The van der Waals surface area contributed by atoms with Crippen molar-refractivity contribution >= 4 is 10.0 Å². The van der Waals surface area contributed by atoms with Crippen molar-refractivity contribution in [3.05, 3.63) is 28.8 Å². The van der Waals surface area contributed by atoms with E-state index in [0.717, 1.165) is 14.1 Å². The first kappa shape index (κ1) is 15.8. The molecular weight excluding hydrogens is 300 g/mol. The number of benzene rings is 1. The summed E-state index contributed by atoms with van der Waals surface area (Å²) in [6.45, 7) is 0. The SMILES string of the molecule is CN(C)S(=O)(=O)c1c(F)c(F)c(F)c(F)c1C(F)F. The molecule has 1 aromatic rings. The van der Waals surface area contributed by atoms with E-state index in [2.05, 4.69) is 0 Å². The molecule has 0 amide bonds. The quantitative estimate of drug-likeness (QED) is 0.489. The average Bonchev–Trinajstić information content (AvgIpc) is 2.29. The van der Waals surface area contributed by atoms with Crippen molar-refractivity contribution in [2.45, 2.75) is 11.3 Å². The number of alkyl halides is 2. The Morgan fingerprint density at radius 3 is 1.68 bits per heavy atom. The van der Waals surface area contributed by atoms with E-state index in [-0.39, 0.29) is 4.31 Å². The van der Waals surface area contributed by atoms with Crippen LogP contribution in [0.3, 0.4) is 0 Å². The molecular formula is C9H7F6NO2S. The Morgan fingerprint density at radius 2 is 1.32 bits per heavy atom. The van der Waals surface area contributed by atoms with Gasteiger partial charge in [-0.1, -0.05) is 0 Å². The summed E-state index contributed by atoms with van der Waals surface area (Å²) < 4.78 is 101. The first-order valence-electron chi connectivity index (χ1n) is 4.60. The van der Waals surface area contributed by atoms with E-state index in [1.165, 1.54) is 0 Å². The van der Waals surface area contributed by atoms with Gasteiger partial charge in [-0.2, -0.15) is 0 Å². The van der Waals surface area contributed by atoms with Gasteiger partial charge >= 0.3 is 0 Å². The van der Waals surface area contributed by atoms with Crippen molar-refractivity contribution in [1.82, 2.24) is 4.31 Å². The van der Waals surface area contributed by atoms with Gasteiger partial charge in [-0.15, -0.1) is 0 Å². The largest absolute Gasteiger partial charge is 0.268 e. The van der Waals surface area contributed by atoms with Crippen molar-refractivity contribution in [2.75, 3.05) is 14.1 Å². The summed E-state index contributed by atoms with van der Waals surface area (Å²) >= 11 is 0. The molecule has 10 heteroatoms. The second kappa shape index (κ2) is 5.00. The highest BCUT2D eigenvalue weighted by Gasteiger charge is 2.37. The fraction of sp³-hybridized carbons (Fsp3) is 0.333. The molecule has 0 heterocycles.